The molecular weight excluding hydrogens is 194 g/mol. The lowest BCUT2D eigenvalue weighted by Crippen LogP contribution is -2.64. The molecule has 1 aliphatic heterocycles. The van der Waals surface area contributed by atoms with Crippen molar-refractivity contribution in [1.82, 2.24) is 0 Å². The third-order valence-electron chi connectivity index (χ3n) is 4.07. The van der Waals surface area contributed by atoms with E-state index in [4.69, 9.17) is 0 Å². The fourth-order valence-corrected chi connectivity index (χ4v) is 2.73. The molecule has 0 aliphatic carbocycles. The van der Waals surface area contributed by atoms with E-state index < -0.39 is 0 Å². The van der Waals surface area contributed by atoms with Gasteiger partial charge in [0.25, 0.3) is 0 Å². The van der Waals surface area contributed by atoms with Crippen molar-refractivity contribution in [3.8, 4) is 0 Å². The van der Waals surface area contributed by atoms with E-state index in [1.54, 1.807) is 0 Å². The maximum Gasteiger partial charge on any atom is 0.0391 e. The summed E-state index contributed by atoms with van der Waals surface area (Å²) in [4.78, 5) is 2.54. The van der Waals surface area contributed by atoms with Crippen LogP contribution >= 0.6 is 0 Å². The van der Waals surface area contributed by atoms with Crippen molar-refractivity contribution in [2.45, 2.75) is 45.6 Å². The highest BCUT2D eigenvalue weighted by molar-refractivity contribution is 5.52. The summed E-state index contributed by atoms with van der Waals surface area (Å²) in [6.07, 6.45) is 4.07. The Labute approximate surface area is 99.5 Å². The second kappa shape index (κ2) is 4.48. The molecule has 0 bridgehead atoms. The quantitative estimate of drug-likeness (QED) is 0.734. The van der Waals surface area contributed by atoms with Crippen LogP contribution < -0.4 is 4.90 Å². The summed E-state index contributed by atoms with van der Waals surface area (Å²) in [7, 11) is 0. The molecule has 0 saturated carbocycles. The summed E-state index contributed by atoms with van der Waals surface area (Å²) in [5.74, 6) is 0.868. The average molecular weight is 217 g/mol. The van der Waals surface area contributed by atoms with Gasteiger partial charge in [-0.25, -0.2) is 0 Å². The number of rotatable bonds is 4. The molecule has 0 spiro atoms. The Balaban J connectivity index is 2.01. The van der Waals surface area contributed by atoms with Crippen LogP contribution in [0.5, 0.6) is 0 Å². The summed E-state index contributed by atoms with van der Waals surface area (Å²) in [5, 5.41) is 0. The molecule has 1 heterocycles. The molecule has 88 valence electrons. The summed E-state index contributed by atoms with van der Waals surface area (Å²) in [5.41, 5.74) is 1.72. The molecule has 1 unspecified atom stereocenters. The predicted molar refractivity (Wildman–Crippen MR) is 70.9 cm³/mol. The second-order valence-corrected chi connectivity index (χ2v) is 5.44. The Bertz CT molecular complexity index is 329. The Morgan fingerprint density at radius 2 is 1.94 bits per heavy atom. The standard InChI is InChI=1S/C15H23N/c1-4-5-9-13-12-16(15(13,2)3)14-10-7-6-8-11-14/h6-8,10-11,13H,4-5,9,12H2,1-3H3. The van der Waals surface area contributed by atoms with Gasteiger partial charge in [0.1, 0.15) is 0 Å². The zero-order valence-corrected chi connectivity index (χ0v) is 10.7. The number of nitrogens with zero attached hydrogens (tertiary/aromatic N) is 1. The number of para-hydroxylation sites is 1. The van der Waals surface area contributed by atoms with E-state index in [2.05, 4.69) is 56.0 Å². The fourth-order valence-electron chi connectivity index (χ4n) is 2.73. The lowest BCUT2D eigenvalue weighted by molar-refractivity contribution is 0.182. The molecule has 1 heteroatoms. The van der Waals surface area contributed by atoms with Gasteiger partial charge in [0.15, 0.2) is 0 Å². The first kappa shape index (κ1) is 11.5. The lowest BCUT2D eigenvalue weighted by Gasteiger charge is -2.57. The molecule has 1 aliphatic rings. The zero-order chi connectivity index (χ0) is 11.6. The highest BCUT2D eigenvalue weighted by Crippen LogP contribution is 2.42. The number of unbranched alkanes of at least 4 members (excludes halogenated alkanes) is 1. The maximum absolute atomic E-state index is 2.54. The van der Waals surface area contributed by atoms with Crippen molar-refractivity contribution in [2.75, 3.05) is 11.4 Å². The van der Waals surface area contributed by atoms with Gasteiger partial charge in [-0.1, -0.05) is 38.0 Å². The summed E-state index contributed by atoms with van der Waals surface area (Å²) >= 11 is 0. The first-order valence-electron chi connectivity index (χ1n) is 6.49. The van der Waals surface area contributed by atoms with Crippen molar-refractivity contribution in [2.24, 2.45) is 5.92 Å². The summed E-state index contributed by atoms with van der Waals surface area (Å²) in [6.45, 7) is 8.27. The highest BCUT2D eigenvalue weighted by atomic mass is 15.3. The van der Waals surface area contributed by atoms with Gasteiger partial charge < -0.3 is 4.90 Å². The van der Waals surface area contributed by atoms with Crippen molar-refractivity contribution >= 4 is 5.69 Å². The zero-order valence-electron chi connectivity index (χ0n) is 10.7. The third kappa shape index (κ3) is 1.95. The SMILES string of the molecule is CCCCC1CN(c2ccccc2)C1(C)C. The number of hydrogen-bond acceptors (Lipinski definition) is 1. The van der Waals surface area contributed by atoms with Crippen LogP contribution in [0.25, 0.3) is 0 Å². The minimum absolute atomic E-state index is 0.344. The van der Waals surface area contributed by atoms with Crippen LogP contribution in [0, 0.1) is 5.92 Å². The Hall–Kier alpha value is -0.980. The van der Waals surface area contributed by atoms with E-state index in [1.165, 1.54) is 31.5 Å². The topological polar surface area (TPSA) is 3.24 Å². The van der Waals surface area contributed by atoms with Gasteiger partial charge in [-0.05, 0) is 38.3 Å². The molecule has 2 rings (SSSR count). The van der Waals surface area contributed by atoms with E-state index in [1.807, 2.05) is 0 Å². The molecule has 0 amide bonds. The van der Waals surface area contributed by atoms with Crippen LogP contribution in [0.15, 0.2) is 30.3 Å². The van der Waals surface area contributed by atoms with Crippen LogP contribution in [-0.4, -0.2) is 12.1 Å². The lowest BCUT2D eigenvalue weighted by atomic mass is 9.73. The van der Waals surface area contributed by atoms with Crippen LogP contribution in [0.4, 0.5) is 5.69 Å². The van der Waals surface area contributed by atoms with Gasteiger partial charge in [-0.3, -0.25) is 0 Å². The van der Waals surface area contributed by atoms with Gasteiger partial charge in [0.2, 0.25) is 0 Å². The number of hydrogen-bond donors (Lipinski definition) is 0. The van der Waals surface area contributed by atoms with Gasteiger partial charge >= 0.3 is 0 Å². The van der Waals surface area contributed by atoms with E-state index in [0.29, 0.717) is 5.54 Å². The van der Waals surface area contributed by atoms with E-state index >= 15 is 0 Å². The Kier molecular flexibility index (Phi) is 3.22. The predicted octanol–water partition coefficient (Wildman–Crippen LogP) is 4.09. The van der Waals surface area contributed by atoms with Crippen molar-refractivity contribution in [1.29, 1.82) is 0 Å². The summed E-state index contributed by atoms with van der Waals surface area (Å²) < 4.78 is 0. The Morgan fingerprint density at radius 1 is 1.25 bits per heavy atom. The van der Waals surface area contributed by atoms with Crippen molar-refractivity contribution in [3.05, 3.63) is 30.3 Å². The van der Waals surface area contributed by atoms with Crippen LogP contribution in [0.3, 0.4) is 0 Å². The van der Waals surface area contributed by atoms with Gasteiger partial charge in [0.05, 0.1) is 0 Å². The Morgan fingerprint density at radius 3 is 2.50 bits per heavy atom. The number of benzene rings is 1. The van der Waals surface area contributed by atoms with E-state index in [9.17, 15) is 0 Å². The first-order chi connectivity index (χ1) is 7.66. The summed E-state index contributed by atoms with van der Waals surface area (Å²) in [6, 6.07) is 10.8. The normalized spacial score (nSPS) is 22.9. The van der Waals surface area contributed by atoms with E-state index in [-0.39, 0.29) is 0 Å². The molecule has 0 N–H and O–H groups in total. The molecule has 1 nitrogen and oxygen atoms in total. The fraction of sp³-hybridized carbons (Fsp3) is 0.600. The average Bonchev–Trinajstić information content (AvgIpc) is 2.29. The third-order valence-corrected chi connectivity index (χ3v) is 4.07. The monoisotopic (exact) mass is 217 g/mol. The van der Waals surface area contributed by atoms with Crippen molar-refractivity contribution < 1.29 is 0 Å². The molecule has 0 aromatic heterocycles. The molecule has 1 saturated heterocycles. The van der Waals surface area contributed by atoms with Gasteiger partial charge in [0, 0.05) is 17.8 Å². The molecule has 1 fully saturated rings. The van der Waals surface area contributed by atoms with Crippen molar-refractivity contribution in [3.63, 3.8) is 0 Å². The molecule has 16 heavy (non-hydrogen) atoms. The molecule has 1 aromatic rings. The second-order valence-electron chi connectivity index (χ2n) is 5.44. The molecule has 1 aromatic carbocycles. The maximum atomic E-state index is 2.54. The largest absolute Gasteiger partial charge is 0.366 e. The van der Waals surface area contributed by atoms with Gasteiger partial charge in [-0.15, -0.1) is 0 Å². The minimum atomic E-state index is 0.344. The van der Waals surface area contributed by atoms with Crippen LogP contribution in [0.2, 0.25) is 0 Å². The molecule has 1 atom stereocenters. The van der Waals surface area contributed by atoms with Crippen LogP contribution in [0.1, 0.15) is 40.0 Å². The smallest absolute Gasteiger partial charge is 0.0391 e. The van der Waals surface area contributed by atoms with Crippen LogP contribution in [-0.2, 0) is 0 Å². The highest BCUT2D eigenvalue weighted by Gasteiger charge is 2.45. The van der Waals surface area contributed by atoms with Gasteiger partial charge in [-0.2, -0.15) is 0 Å². The first-order valence-corrected chi connectivity index (χ1v) is 6.49. The number of anilines is 1. The minimum Gasteiger partial charge on any atom is -0.366 e. The molecule has 0 radical (unpaired) electrons. The van der Waals surface area contributed by atoms with E-state index in [0.717, 1.165) is 5.92 Å². The molecular formula is C15H23N.